The Balaban J connectivity index is -0.000000480. The fourth-order valence-electron chi connectivity index (χ4n) is 1.68. The fourth-order valence-corrected chi connectivity index (χ4v) is 7.89. The molecule has 0 aromatic carbocycles. The van der Waals surface area contributed by atoms with E-state index in [0.717, 1.165) is 0 Å². The second-order valence-electron chi connectivity index (χ2n) is 4.75. The van der Waals surface area contributed by atoms with E-state index < -0.39 is 25.9 Å². The second kappa shape index (κ2) is 8.38. The van der Waals surface area contributed by atoms with Crippen molar-refractivity contribution in [2.24, 2.45) is 0 Å². The summed E-state index contributed by atoms with van der Waals surface area (Å²) in [5.74, 6) is 0. The maximum atomic E-state index is 2.47. The van der Waals surface area contributed by atoms with Gasteiger partial charge in [0, 0.05) is 0 Å². The van der Waals surface area contributed by atoms with Gasteiger partial charge in [-0.25, -0.2) is 0 Å². The van der Waals surface area contributed by atoms with E-state index in [2.05, 4.69) is 42.2 Å². The maximum absolute atomic E-state index is 2.47. The minimum absolute atomic E-state index is 0. The SMILES string of the molecule is Cl.Cl.Cl.[CH3][Ti]([CH3])[C]1=C([Si](C)(C)C)C=CC1. The van der Waals surface area contributed by atoms with Crippen molar-refractivity contribution in [1.82, 2.24) is 0 Å². The van der Waals surface area contributed by atoms with E-state index in [1.165, 1.54) is 6.42 Å². The molecule has 0 nitrogen and oxygen atoms in total. The van der Waals surface area contributed by atoms with Gasteiger partial charge in [0.1, 0.15) is 0 Å². The Morgan fingerprint density at radius 2 is 1.53 bits per heavy atom. The van der Waals surface area contributed by atoms with Gasteiger partial charge in [0.15, 0.2) is 0 Å². The predicted molar refractivity (Wildman–Crippen MR) is 77.6 cm³/mol. The molecule has 0 aromatic heterocycles. The summed E-state index contributed by atoms with van der Waals surface area (Å²) in [5.41, 5.74) is 0. The minimum atomic E-state index is -1.02. The number of hydrogen-bond donors (Lipinski definition) is 0. The quantitative estimate of drug-likeness (QED) is 0.623. The predicted octanol–water partition coefficient (Wildman–Crippen LogP) is 5.06. The van der Waals surface area contributed by atoms with Crippen molar-refractivity contribution in [3.63, 3.8) is 0 Å². The molecule has 15 heavy (non-hydrogen) atoms. The summed E-state index contributed by atoms with van der Waals surface area (Å²) < 4.78 is 1.86. The second-order valence-corrected chi connectivity index (χ2v) is 13.9. The first-order valence-electron chi connectivity index (χ1n) is 4.63. The van der Waals surface area contributed by atoms with Crippen LogP contribution in [0.25, 0.3) is 0 Å². The summed E-state index contributed by atoms with van der Waals surface area (Å²) in [5, 5.41) is 6.72. The van der Waals surface area contributed by atoms with Crippen LogP contribution in [-0.4, -0.2) is 8.07 Å². The van der Waals surface area contributed by atoms with Crippen molar-refractivity contribution in [3.8, 4) is 0 Å². The van der Waals surface area contributed by atoms with E-state index in [4.69, 9.17) is 0 Å². The van der Waals surface area contributed by atoms with Crippen molar-refractivity contribution < 1.29 is 17.9 Å². The zero-order valence-electron chi connectivity index (χ0n) is 10.1. The summed E-state index contributed by atoms with van der Waals surface area (Å²) in [4.78, 5) is 0. The number of hydrogen-bond acceptors (Lipinski definition) is 0. The molecule has 0 atom stereocenters. The van der Waals surface area contributed by atoms with Crippen LogP contribution in [0.4, 0.5) is 0 Å². The summed E-state index contributed by atoms with van der Waals surface area (Å²) >= 11 is -0.782. The summed E-state index contributed by atoms with van der Waals surface area (Å²) in [6.45, 7) is 7.37. The van der Waals surface area contributed by atoms with Crippen molar-refractivity contribution in [3.05, 3.63) is 21.2 Å². The molecule has 0 fully saturated rings. The van der Waals surface area contributed by atoms with Gasteiger partial charge in [-0.3, -0.25) is 0 Å². The van der Waals surface area contributed by atoms with Crippen LogP contribution in [0.15, 0.2) is 21.2 Å². The molecule has 0 spiro atoms. The van der Waals surface area contributed by atoms with E-state index in [1.54, 1.807) is 5.20 Å². The summed E-state index contributed by atoms with van der Waals surface area (Å²) in [7, 11) is -1.02. The molecule has 0 heterocycles. The summed E-state index contributed by atoms with van der Waals surface area (Å²) in [6, 6.07) is 0. The molecule has 0 aromatic rings. The van der Waals surface area contributed by atoms with Crippen LogP contribution in [0.5, 0.6) is 0 Å². The van der Waals surface area contributed by atoms with Gasteiger partial charge in [0.05, 0.1) is 0 Å². The Morgan fingerprint density at radius 1 is 1.07 bits per heavy atom. The van der Waals surface area contributed by atoms with Crippen LogP contribution >= 0.6 is 37.2 Å². The molecule has 0 saturated heterocycles. The average Bonchev–Trinajstić information content (AvgIpc) is 2.30. The zero-order valence-corrected chi connectivity index (χ0v) is 15.1. The molecule has 1 aliphatic carbocycles. The van der Waals surface area contributed by atoms with Gasteiger partial charge in [-0.05, 0) is 0 Å². The van der Waals surface area contributed by atoms with Gasteiger partial charge < -0.3 is 0 Å². The zero-order chi connectivity index (χ0) is 9.35. The Hall–Kier alpha value is 1.28. The third kappa shape index (κ3) is 5.95. The number of allylic oxidation sites excluding steroid dienone is 4. The Bertz CT molecular complexity index is 242. The van der Waals surface area contributed by atoms with Gasteiger partial charge in [0.25, 0.3) is 0 Å². The standard InChI is InChI=1S/C8H13Si.2CH3.3ClH.Ti/c1-9(2,3)8-6-4-5-7-8;;;;;;/h4,6H,5H2,1-3H3;2*1H3;3*1H;. The molecule has 0 saturated carbocycles. The van der Waals surface area contributed by atoms with Crippen molar-refractivity contribution >= 4 is 45.3 Å². The average molecular weight is 325 g/mol. The van der Waals surface area contributed by atoms with E-state index in [0.29, 0.717) is 0 Å². The van der Waals surface area contributed by atoms with Crippen molar-refractivity contribution in [1.29, 1.82) is 0 Å². The van der Waals surface area contributed by atoms with E-state index in [-0.39, 0.29) is 37.2 Å². The van der Waals surface area contributed by atoms with Crippen LogP contribution in [0.2, 0.25) is 30.1 Å². The van der Waals surface area contributed by atoms with Crippen LogP contribution in [-0.2, 0) is 17.9 Å². The first-order valence-corrected chi connectivity index (χ1v) is 12.0. The Labute approximate surface area is 120 Å². The molecule has 5 heteroatoms. The third-order valence-corrected chi connectivity index (χ3v) is 7.44. The molecule has 0 N–H and O–H groups in total. The molecule has 91 valence electrons. The Morgan fingerprint density at radius 3 is 1.80 bits per heavy atom. The van der Waals surface area contributed by atoms with Crippen molar-refractivity contribution in [2.75, 3.05) is 0 Å². The molecule has 0 amide bonds. The molecule has 1 aliphatic rings. The Kier molecular flexibility index (Phi) is 12.0. The van der Waals surface area contributed by atoms with Gasteiger partial charge in [-0.1, -0.05) is 0 Å². The van der Waals surface area contributed by atoms with Gasteiger partial charge >= 0.3 is 83.7 Å². The third-order valence-electron chi connectivity index (χ3n) is 2.34. The fraction of sp³-hybridized carbons (Fsp3) is 0.600. The van der Waals surface area contributed by atoms with Gasteiger partial charge in [-0.15, -0.1) is 37.2 Å². The molecule has 0 bridgehead atoms. The summed E-state index contributed by atoms with van der Waals surface area (Å²) in [6.07, 6.45) is 6.05. The monoisotopic (exact) mass is 323 g/mol. The van der Waals surface area contributed by atoms with Crippen LogP contribution in [0.3, 0.4) is 0 Å². The molecular formula is C10H22Cl3SiTi. The van der Waals surface area contributed by atoms with Crippen LogP contribution in [0.1, 0.15) is 6.42 Å². The van der Waals surface area contributed by atoms with Crippen LogP contribution < -0.4 is 0 Å². The molecule has 1 rings (SSSR count). The molecule has 0 aliphatic heterocycles. The first kappa shape index (κ1) is 21.6. The van der Waals surface area contributed by atoms with E-state index in [1.807, 2.05) is 3.88 Å². The number of halogens is 3. The topological polar surface area (TPSA) is 0 Å². The van der Waals surface area contributed by atoms with Gasteiger partial charge in [0.2, 0.25) is 0 Å². The van der Waals surface area contributed by atoms with Crippen LogP contribution in [0, 0.1) is 0 Å². The van der Waals surface area contributed by atoms with E-state index in [9.17, 15) is 0 Å². The molecule has 0 unspecified atom stereocenters. The van der Waals surface area contributed by atoms with Gasteiger partial charge in [-0.2, -0.15) is 0 Å². The number of rotatable bonds is 2. The molecular weight excluding hydrogens is 302 g/mol. The van der Waals surface area contributed by atoms with E-state index >= 15 is 0 Å². The molecule has 0 radical (unpaired) electrons. The first-order chi connectivity index (χ1) is 5.43. The normalized spacial score (nSPS) is 13.9. The van der Waals surface area contributed by atoms with Crippen molar-refractivity contribution in [2.45, 2.75) is 36.5 Å².